The predicted molar refractivity (Wildman–Crippen MR) is 87.2 cm³/mol. The molecule has 2 aliphatic heterocycles. The first-order valence-electron chi connectivity index (χ1n) is 8.46. The summed E-state index contributed by atoms with van der Waals surface area (Å²) in [4.78, 5) is 23.3. The first kappa shape index (κ1) is 16.2. The van der Waals surface area contributed by atoms with E-state index in [0.29, 0.717) is 19.0 Å². The molecule has 0 aliphatic carbocycles. The highest BCUT2D eigenvalue weighted by Gasteiger charge is 2.27. The fourth-order valence-corrected chi connectivity index (χ4v) is 3.09. The van der Waals surface area contributed by atoms with Gasteiger partial charge in [-0.1, -0.05) is 0 Å². The molecule has 1 aromatic rings. The zero-order valence-corrected chi connectivity index (χ0v) is 14.3. The van der Waals surface area contributed by atoms with Gasteiger partial charge in [-0.2, -0.15) is 0 Å². The van der Waals surface area contributed by atoms with E-state index in [1.165, 1.54) is 0 Å². The van der Waals surface area contributed by atoms with Crippen LogP contribution in [0.15, 0.2) is 6.20 Å². The molecule has 3 heterocycles. The van der Waals surface area contributed by atoms with Crippen LogP contribution in [0.25, 0.3) is 0 Å². The second-order valence-corrected chi connectivity index (χ2v) is 7.38. The van der Waals surface area contributed by atoms with E-state index in [-0.39, 0.29) is 6.09 Å². The minimum absolute atomic E-state index is 0.259. The Kier molecular flexibility index (Phi) is 4.53. The van der Waals surface area contributed by atoms with E-state index in [1.807, 2.05) is 27.0 Å². The van der Waals surface area contributed by atoms with Crippen LogP contribution >= 0.6 is 0 Å². The number of carbonyl (C=O) groups excluding carboxylic acids is 1. The SMILES string of the molecule is CC(C)(C)OC(=O)N1CCc2nc(C3CCNCC3)ncc2C1. The minimum Gasteiger partial charge on any atom is -0.444 e. The molecule has 0 radical (unpaired) electrons. The summed E-state index contributed by atoms with van der Waals surface area (Å²) in [7, 11) is 0. The first-order valence-corrected chi connectivity index (χ1v) is 8.46. The van der Waals surface area contributed by atoms with Gasteiger partial charge in [0.15, 0.2) is 0 Å². The zero-order valence-electron chi connectivity index (χ0n) is 14.3. The molecule has 0 spiro atoms. The zero-order chi connectivity index (χ0) is 16.4. The standard InChI is InChI=1S/C17H26N4O2/c1-17(2,3)23-16(22)21-9-6-14-13(11-21)10-19-15(20-14)12-4-7-18-8-5-12/h10,12,18H,4-9,11H2,1-3H3. The Balaban J connectivity index is 1.69. The van der Waals surface area contributed by atoms with Gasteiger partial charge in [0.25, 0.3) is 0 Å². The molecule has 0 aromatic carbocycles. The van der Waals surface area contributed by atoms with E-state index < -0.39 is 5.60 Å². The van der Waals surface area contributed by atoms with E-state index in [9.17, 15) is 4.79 Å². The van der Waals surface area contributed by atoms with Crippen LogP contribution in [0.2, 0.25) is 0 Å². The molecule has 0 bridgehead atoms. The predicted octanol–water partition coefficient (Wildman–Crippen LogP) is 2.24. The Morgan fingerprint density at radius 1 is 1.35 bits per heavy atom. The van der Waals surface area contributed by atoms with Gasteiger partial charge in [-0.05, 0) is 46.7 Å². The number of amides is 1. The fourth-order valence-electron chi connectivity index (χ4n) is 3.09. The highest BCUT2D eigenvalue weighted by atomic mass is 16.6. The van der Waals surface area contributed by atoms with Crippen molar-refractivity contribution in [2.45, 2.75) is 58.1 Å². The quantitative estimate of drug-likeness (QED) is 0.860. The Hall–Kier alpha value is -1.69. The summed E-state index contributed by atoms with van der Waals surface area (Å²) in [5.74, 6) is 1.43. The summed E-state index contributed by atoms with van der Waals surface area (Å²) in [5, 5.41) is 3.37. The molecule has 1 aromatic heterocycles. The maximum absolute atomic E-state index is 12.2. The number of carbonyl (C=O) groups is 1. The van der Waals surface area contributed by atoms with Gasteiger partial charge in [0, 0.05) is 30.6 Å². The average Bonchev–Trinajstić information content (AvgIpc) is 2.53. The molecule has 23 heavy (non-hydrogen) atoms. The number of hydrogen-bond acceptors (Lipinski definition) is 5. The van der Waals surface area contributed by atoms with Gasteiger partial charge < -0.3 is 15.0 Å². The normalized spacial score (nSPS) is 19.3. The van der Waals surface area contributed by atoms with Crippen LogP contribution in [0, 0.1) is 0 Å². The molecular formula is C17H26N4O2. The van der Waals surface area contributed by atoms with Crippen LogP contribution in [-0.4, -0.2) is 46.2 Å². The van der Waals surface area contributed by atoms with Gasteiger partial charge in [-0.25, -0.2) is 14.8 Å². The summed E-state index contributed by atoms with van der Waals surface area (Å²) in [6.07, 6.45) is 4.61. The average molecular weight is 318 g/mol. The second kappa shape index (κ2) is 6.43. The molecule has 6 heteroatoms. The van der Waals surface area contributed by atoms with Gasteiger partial charge in [0.1, 0.15) is 11.4 Å². The van der Waals surface area contributed by atoms with Crippen LogP contribution in [-0.2, 0) is 17.7 Å². The molecule has 1 N–H and O–H groups in total. The Bertz CT molecular complexity index is 576. The Labute approximate surface area is 137 Å². The molecule has 6 nitrogen and oxygen atoms in total. The molecule has 1 saturated heterocycles. The van der Waals surface area contributed by atoms with Crippen LogP contribution in [0.5, 0.6) is 0 Å². The van der Waals surface area contributed by atoms with E-state index in [0.717, 1.165) is 49.4 Å². The lowest BCUT2D eigenvalue weighted by Crippen LogP contribution is -2.40. The number of fused-ring (bicyclic) bond motifs is 1. The van der Waals surface area contributed by atoms with Gasteiger partial charge >= 0.3 is 6.09 Å². The van der Waals surface area contributed by atoms with Crippen molar-refractivity contribution >= 4 is 6.09 Å². The lowest BCUT2D eigenvalue weighted by Gasteiger charge is -2.31. The van der Waals surface area contributed by atoms with Crippen LogP contribution < -0.4 is 5.32 Å². The van der Waals surface area contributed by atoms with Crippen LogP contribution in [0.4, 0.5) is 4.79 Å². The number of hydrogen-bond donors (Lipinski definition) is 1. The van der Waals surface area contributed by atoms with E-state index in [4.69, 9.17) is 9.72 Å². The molecule has 3 rings (SSSR count). The van der Waals surface area contributed by atoms with E-state index in [2.05, 4.69) is 10.3 Å². The topological polar surface area (TPSA) is 67.3 Å². The van der Waals surface area contributed by atoms with Gasteiger partial charge in [-0.15, -0.1) is 0 Å². The third-order valence-electron chi connectivity index (χ3n) is 4.31. The Morgan fingerprint density at radius 2 is 2.09 bits per heavy atom. The molecule has 1 fully saturated rings. The van der Waals surface area contributed by atoms with Crippen molar-refractivity contribution in [3.63, 3.8) is 0 Å². The summed E-state index contributed by atoms with van der Waals surface area (Å²) in [6.45, 7) is 8.93. The number of nitrogens with zero attached hydrogens (tertiary/aromatic N) is 3. The lowest BCUT2D eigenvalue weighted by atomic mass is 9.96. The summed E-state index contributed by atoms with van der Waals surface area (Å²) < 4.78 is 5.45. The smallest absolute Gasteiger partial charge is 0.410 e. The van der Waals surface area contributed by atoms with Crippen molar-refractivity contribution in [2.75, 3.05) is 19.6 Å². The van der Waals surface area contributed by atoms with E-state index >= 15 is 0 Å². The van der Waals surface area contributed by atoms with Crippen LogP contribution in [0.3, 0.4) is 0 Å². The molecule has 2 aliphatic rings. The van der Waals surface area contributed by atoms with Crippen molar-refractivity contribution < 1.29 is 9.53 Å². The lowest BCUT2D eigenvalue weighted by molar-refractivity contribution is 0.0222. The number of rotatable bonds is 1. The fraction of sp³-hybridized carbons (Fsp3) is 0.706. The van der Waals surface area contributed by atoms with Crippen molar-refractivity contribution in [1.29, 1.82) is 0 Å². The number of nitrogens with one attached hydrogen (secondary N) is 1. The number of aromatic nitrogens is 2. The molecule has 1 amide bonds. The largest absolute Gasteiger partial charge is 0.444 e. The molecule has 126 valence electrons. The molecule has 0 atom stereocenters. The maximum atomic E-state index is 12.2. The van der Waals surface area contributed by atoms with Crippen LogP contribution in [0.1, 0.15) is 56.6 Å². The molecule has 0 saturated carbocycles. The molecule has 0 unspecified atom stereocenters. The second-order valence-electron chi connectivity index (χ2n) is 7.38. The third kappa shape index (κ3) is 3.99. The van der Waals surface area contributed by atoms with Crippen molar-refractivity contribution in [2.24, 2.45) is 0 Å². The van der Waals surface area contributed by atoms with Crippen molar-refractivity contribution in [3.8, 4) is 0 Å². The summed E-state index contributed by atoms with van der Waals surface area (Å²) in [5.41, 5.74) is 1.67. The highest BCUT2D eigenvalue weighted by Crippen LogP contribution is 2.25. The van der Waals surface area contributed by atoms with E-state index in [1.54, 1.807) is 4.90 Å². The third-order valence-corrected chi connectivity index (χ3v) is 4.31. The van der Waals surface area contributed by atoms with Crippen molar-refractivity contribution in [1.82, 2.24) is 20.2 Å². The summed E-state index contributed by atoms with van der Waals surface area (Å²) in [6, 6.07) is 0. The minimum atomic E-state index is -0.466. The van der Waals surface area contributed by atoms with Crippen molar-refractivity contribution in [3.05, 3.63) is 23.3 Å². The number of piperidine rings is 1. The van der Waals surface area contributed by atoms with Gasteiger partial charge in [0.2, 0.25) is 0 Å². The Morgan fingerprint density at radius 3 is 2.78 bits per heavy atom. The van der Waals surface area contributed by atoms with Gasteiger partial charge in [-0.3, -0.25) is 0 Å². The maximum Gasteiger partial charge on any atom is 0.410 e. The summed E-state index contributed by atoms with van der Waals surface area (Å²) >= 11 is 0. The monoisotopic (exact) mass is 318 g/mol. The van der Waals surface area contributed by atoms with Gasteiger partial charge in [0.05, 0.1) is 12.2 Å². The first-order chi connectivity index (χ1) is 10.9. The number of ether oxygens (including phenoxy) is 1. The molecular weight excluding hydrogens is 292 g/mol. The highest BCUT2D eigenvalue weighted by molar-refractivity contribution is 5.68.